The Kier molecular flexibility index (Phi) is 7.99. The van der Waals surface area contributed by atoms with Gasteiger partial charge in [-0.3, -0.25) is 4.90 Å². The van der Waals surface area contributed by atoms with Crippen molar-refractivity contribution in [2.45, 2.75) is 44.8 Å². The molecule has 0 spiro atoms. The maximum Gasteiger partial charge on any atom is 0.0702 e. The number of likely N-dealkylation sites (N-methyl/N-ethyl adjacent to an activating group) is 1. The van der Waals surface area contributed by atoms with Gasteiger partial charge >= 0.3 is 0 Å². The Morgan fingerprint density at radius 3 is 2.63 bits per heavy atom. The summed E-state index contributed by atoms with van der Waals surface area (Å²) >= 11 is 7.26. The summed E-state index contributed by atoms with van der Waals surface area (Å²) in [6.45, 7) is 4.47. The summed E-state index contributed by atoms with van der Waals surface area (Å²) in [5.41, 5.74) is 6.37. The molecule has 1 aromatic heterocycles. The van der Waals surface area contributed by atoms with Crippen molar-refractivity contribution in [3.63, 3.8) is 0 Å². The van der Waals surface area contributed by atoms with Crippen LogP contribution in [0, 0.1) is 0 Å². The molecule has 1 aromatic rings. The predicted octanol–water partition coefficient (Wildman–Crippen LogP) is 4.36. The molecule has 0 aromatic carbocycles. The first-order valence-electron chi connectivity index (χ1n) is 6.72. The van der Waals surface area contributed by atoms with Gasteiger partial charge in [0.2, 0.25) is 0 Å². The zero-order valence-corrected chi connectivity index (χ0v) is 15.4. The molecule has 0 amide bonds. The Bertz CT molecular complexity index is 370. The van der Waals surface area contributed by atoms with Crippen LogP contribution in [0.3, 0.4) is 0 Å². The Morgan fingerprint density at radius 2 is 2.16 bits per heavy atom. The number of nitrogens with two attached hydrogens (primary N) is 1. The van der Waals surface area contributed by atoms with E-state index in [0.29, 0.717) is 12.1 Å². The van der Waals surface area contributed by atoms with Crippen LogP contribution in [0.25, 0.3) is 0 Å². The average Bonchev–Trinajstić information content (AvgIpc) is 2.82. The monoisotopic (exact) mass is 364 g/mol. The predicted molar refractivity (Wildman–Crippen MR) is 93.3 cm³/mol. The second kappa shape index (κ2) is 8.67. The zero-order chi connectivity index (χ0) is 14.4. The van der Waals surface area contributed by atoms with Crippen LogP contribution in [0.4, 0.5) is 0 Å². The molecule has 0 saturated carbocycles. The van der Waals surface area contributed by atoms with Crippen molar-refractivity contribution in [3.8, 4) is 0 Å². The number of rotatable bonds is 8. The highest BCUT2D eigenvalue weighted by Gasteiger charge is 2.27. The zero-order valence-electron chi connectivity index (χ0n) is 12.2. The molecular weight excluding hydrogens is 340 g/mol. The lowest BCUT2D eigenvalue weighted by Gasteiger charge is -2.36. The average molecular weight is 365 g/mol. The standard InChI is InChI=1S/C14H25BrN2S2/c1-5-11(16)14(12-6-7-13(15)19-12)17(3)10(2)8-9-18-4/h6-7,10-11,14H,5,8-9,16H2,1-4H3. The molecule has 1 heterocycles. The van der Waals surface area contributed by atoms with Gasteiger partial charge in [0.1, 0.15) is 0 Å². The summed E-state index contributed by atoms with van der Waals surface area (Å²) < 4.78 is 1.18. The van der Waals surface area contributed by atoms with E-state index >= 15 is 0 Å². The number of halogens is 1. The van der Waals surface area contributed by atoms with Gasteiger partial charge in [0.05, 0.1) is 9.83 Å². The molecule has 2 nitrogen and oxygen atoms in total. The second-order valence-corrected chi connectivity index (χ2v) is 8.43. The van der Waals surface area contributed by atoms with Crippen LogP contribution in [0.1, 0.15) is 37.6 Å². The van der Waals surface area contributed by atoms with Crippen molar-refractivity contribution in [1.29, 1.82) is 0 Å². The Balaban J connectivity index is 2.84. The fourth-order valence-corrected chi connectivity index (χ4v) is 4.42. The van der Waals surface area contributed by atoms with Crippen LogP contribution >= 0.6 is 39.0 Å². The second-order valence-electron chi connectivity index (χ2n) is 4.95. The molecule has 0 radical (unpaired) electrons. The molecule has 0 fully saturated rings. The molecule has 110 valence electrons. The first kappa shape index (κ1) is 17.5. The normalized spacial score (nSPS) is 16.6. The van der Waals surface area contributed by atoms with Gasteiger partial charge in [0.15, 0.2) is 0 Å². The molecule has 0 aliphatic heterocycles. The van der Waals surface area contributed by atoms with E-state index in [4.69, 9.17) is 5.73 Å². The van der Waals surface area contributed by atoms with E-state index < -0.39 is 0 Å². The molecule has 3 unspecified atom stereocenters. The highest BCUT2D eigenvalue weighted by Crippen LogP contribution is 2.34. The lowest BCUT2D eigenvalue weighted by Crippen LogP contribution is -2.42. The summed E-state index contributed by atoms with van der Waals surface area (Å²) in [5, 5.41) is 0. The fourth-order valence-electron chi connectivity index (χ4n) is 2.19. The Hall–Kier alpha value is 0.450. The smallest absolute Gasteiger partial charge is 0.0702 e. The van der Waals surface area contributed by atoms with Crippen LogP contribution in [-0.2, 0) is 0 Å². The topological polar surface area (TPSA) is 29.3 Å². The molecule has 0 aliphatic carbocycles. The van der Waals surface area contributed by atoms with Crippen LogP contribution in [0.15, 0.2) is 15.9 Å². The van der Waals surface area contributed by atoms with Crippen molar-refractivity contribution in [3.05, 3.63) is 20.8 Å². The van der Waals surface area contributed by atoms with Crippen molar-refractivity contribution in [2.75, 3.05) is 19.1 Å². The van der Waals surface area contributed by atoms with Gasteiger partial charge in [-0.25, -0.2) is 0 Å². The number of thioether (sulfide) groups is 1. The van der Waals surface area contributed by atoms with Crippen molar-refractivity contribution in [2.24, 2.45) is 5.73 Å². The highest BCUT2D eigenvalue weighted by atomic mass is 79.9. The minimum atomic E-state index is 0.187. The number of nitrogens with zero attached hydrogens (tertiary/aromatic N) is 1. The molecule has 0 aliphatic rings. The van der Waals surface area contributed by atoms with Crippen LogP contribution in [0.5, 0.6) is 0 Å². The minimum Gasteiger partial charge on any atom is -0.326 e. The highest BCUT2D eigenvalue weighted by molar-refractivity contribution is 9.11. The quantitative estimate of drug-likeness (QED) is 0.742. The molecule has 2 N–H and O–H groups in total. The number of thiophene rings is 1. The summed E-state index contributed by atoms with van der Waals surface area (Å²) in [6.07, 6.45) is 4.37. The van der Waals surface area contributed by atoms with Gasteiger partial charge in [-0.15, -0.1) is 11.3 Å². The lowest BCUT2D eigenvalue weighted by molar-refractivity contribution is 0.158. The van der Waals surface area contributed by atoms with Crippen molar-refractivity contribution < 1.29 is 0 Å². The van der Waals surface area contributed by atoms with Gasteiger partial charge in [-0.1, -0.05) is 6.92 Å². The summed E-state index contributed by atoms with van der Waals surface area (Å²) in [6, 6.07) is 5.38. The van der Waals surface area contributed by atoms with E-state index in [-0.39, 0.29) is 6.04 Å². The third-order valence-electron chi connectivity index (χ3n) is 3.64. The van der Waals surface area contributed by atoms with Crippen LogP contribution in [-0.4, -0.2) is 36.0 Å². The van der Waals surface area contributed by atoms with Gasteiger partial charge in [-0.05, 0) is 66.9 Å². The van der Waals surface area contributed by atoms with Gasteiger partial charge in [0.25, 0.3) is 0 Å². The summed E-state index contributed by atoms with van der Waals surface area (Å²) in [7, 11) is 2.21. The minimum absolute atomic E-state index is 0.187. The summed E-state index contributed by atoms with van der Waals surface area (Å²) in [4.78, 5) is 3.81. The third kappa shape index (κ3) is 5.05. The maximum absolute atomic E-state index is 6.37. The third-order valence-corrected chi connectivity index (χ3v) is 5.97. The van der Waals surface area contributed by atoms with Gasteiger partial charge < -0.3 is 5.73 Å². The van der Waals surface area contributed by atoms with E-state index in [1.807, 2.05) is 11.8 Å². The van der Waals surface area contributed by atoms with E-state index in [1.165, 1.54) is 20.8 Å². The summed E-state index contributed by atoms with van der Waals surface area (Å²) in [5.74, 6) is 1.20. The number of hydrogen-bond donors (Lipinski definition) is 1. The van der Waals surface area contributed by atoms with Crippen LogP contribution < -0.4 is 5.73 Å². The molecule has 3 atom stereocenters. The maximum atomic E-state index is 6.37. The van der Waals surface area contributed by atoms with E-state index in [0.717, 1.165) is 6.42 Å². The first-order valence-corrected chi connectivity index (χ1v) is 9.73. The molecule has 19 heavy (non-hydrogen) atoms. The molecule has 5 heteroatoms. The first-order chi connectivity index (χ1) is 9.01. The fraction of sp³-hybridized carbons (Fsp3) is 0.714. The lowest BCUT2D eigenvalue weighted by atomic mass is 10.0. The number of hydrogen-bond acceptors (Lipinski definition) is 4. The van der Waals surface area contributed by atoms with Gasteiger partial charge in [-0.2, -0.15) is 11.8 Å². The van der Waals surface area contributed by atoms with E-state index in [1.54, 1.807) is 11.3 Å². The van der Waals surface area contributed by atoms with Crippen molar-refractivity contribution >= 4 is 39.0 Å². The van der Waals surface area contributed by atoms with E-state index in [2.05, 4.69) is 60.1 Å². The van der Waals surface area contributed by atoms with Crippen molar-refractivity contribution in [1.82, 2.24) is 4.90 Å². The Labute approximate surface area is 134 Å². The molecule has 1 rings (SSSR count). The Morgan fingerprint density at radius 1 is 1.47 bits per heavy atom. The van der Waals surface area contributed by atoms with Crippen LogP contribution in [0.2, 0.25) is 0 Å². The molecular formula is C14H25BrN2S2. The molecule has 0 saturated heterocycles. The largest absolute Gasteiger partial charge is 0.326 e. The SMILES string of the molecule is CCC(N)C(c1ccc(Br)s1)N(C)C(C)CCSC. The van der Waals surface area contributed by atoms with E-state index in [9.17, 15) is 0 Å². The molecule has 0 bridgehead atoms. The van der Waals surface area contributed by atoms with Gasteiger partial charge in [0, 0.05) is 17.0 Å².